The van der Waals surface area contributed by atoms with Crippen LogP contribution < -0.4 is 0 Å². The molecule has 0 aliphatic rings. The predicted octanol–water partition coefficient (Wildman–Crippen LogP) is 0.0882. The number of ether oxygens (including phenoxy) is 1. The van der Waals surface area contributed by atoms with Gasteiger partial charge in [-0.3, -0.25) is 4.79 Å². The number of carbonyl (C=O) groups is 1. The van der Waals surface area contributed by atoms with Crippen molar-refractivity contribution in [2.45, 2.75) is 45.2 Å². The largest absolute Gasteiger partial charge is 0.455 e. The molecule has 0 radical (unpaired) electrons. The molecule has 0 aliphatic carbocycles. The summed E-state index contributed by atoms with van der Waals surface area (Å²) in [5, 5.41) is 24.8. The molecule has 0 aromatic rings. The van der Waals surface area contributed by atoms with E-state index < -0.39 is 12.1 Å². The molecule has 0 unspecified atom stereocenters. The average molecular weight is 192 g/mol. The van der Waals surface area contributed by atoms with E-state index in [0.29, 0.717) is 6.42 Å². The molecule has 0 amide bonds. The molecule has 0 spiro atoms. The van der Waals surface area contributed by atoms with Crippen LogP contribution in [0.4, 0.5) is 0 Å². The Bertz CT molecular complexity index is 149. The summed E-state index contributed by atoms with van der Waals surface area (Å²) in [5.41, 5.74) is 0. The van der Waals surface area contributed by atoms with Crippen molar-refractivity contribution in [1.29, 1.82) is 0 Å². The van der Waals surface area contributed by atoms with Crippen molar-refractivity contribution in [3.8, 4) is 0 Å². The summed E-state index contributed by atoms with van der Waals surface area (Å²) in [6.07, 6.45) is 0.351. The molecule has 78 valence electrons. The van der Waals surface area contributed by atoms with E-state index in [1.807, 2.05) is 6.92 Å². The molecule has 0 saturated carbocycles. The lowest BCUT2D eigenvalue weighted by molar-refractivity contribution is -0.435. The van der Waals surface area contributed by atoms with Gasteiger partial charge in [-0.1, -0.05) is 26.2 Å². The molecule has 0 rings (SSSR count). The minimum atomic E-state index is -3.33. The Morgan fingerprint density at radius 3 is 2.31 bits per heavy atom. The summed E-state index contributed by atoms with van der Waals surface area (Å²) < 4.78 is 3.85. The number of hydrogen-bond acceptors (Lipinski definition) is 5. The normalized spacial score (nSPS) is 11.4. The molecule has 5 heteroatoms. The minimum absolute atomic E-state index is 0.0867. The monoisotopic (exact) mass is 192 g/mol. The maximum absolute atomic E-state index is 10.7. The van der Waals surface area contributed by atoms with Crippen LogP contribution in [0.5, 0.6) is 0 Å². The van der Waals surface area contributed by atoms with Gasteiger partial charge in [0.2, 0.25) is 0 Å². The van der Waals surface area contributed by atoms with Crippen molar-refractivity contribution >= 4 is 5.97 Å². The van der Waals surface area contributed by atoms with Crippen LogP contribution in [0.3, 0.4) is 0 Å². The van der Waals surface area contributed by atoms with Gasteiger partial charge in [0.05, 0.1) is 0 Å². The molecule has 3 N–H and O–H groups in total. The van der Waals surface area contributed by atoms with E-state index in [1.54, 1.807) is 0 Å². The lowest BCUT2D eigenvalue weighted by Crippen LogP contribution is -2.33. The Hall–Kier alpha value is -0.650. The van der Waals surface area contributed by atoms with E-state index in [9.17, 15) is 4.79 Å². The fourth-order valence-electron chi connectivity index (χ4n) is 0.900. The number of esters is 1. The highest BCUT2D eigenvalue weighted by molar-refractivity contribution is 5.69. The van der Waals surface area contributed by atoms with E-state index in [-0.39, 0.29) is 6.42 Å². The van der Waals surface area contributed by atoms with Crippen LogP contribution in [0.1, 0.15) is 39.0 Å². The molecule has 0 fully saturated rings. The quantitative estimate of drug-likeness (QED) is 0.315. The topological polar surface area (TPSA) is 87.0 Å². The molecule has 0 aromatic heterocycles. The fraction of sp³-hybridized carbons (Fsp3) is 0.875. The van der Waals surface area contributed by atoms with Gasteiger partial charge in [-0.05, 0) is 6.42 Å². The summed E-state index contributed by atoms with van der Waals surface area (Å²) in [5.74, 6) is -0.816. The average Bonchev–Trinajstić information content (AvgIpc) is 1.94. The highest BCUT2D eigenvalue weighted by Crippen LogP contribution is 2.05. The van der Waals surface area contributed by atoms with Crippen molar-refractivity contribution in [3.05, 3.63) is 0 Å². The zero-order valence-electron chi connectivity index (χ0n) is 7.69. The van der Waals surface area contributed by atoms with Crippen LogP contribution in [0.2, 0.25) is 0 Å². The molecule has 0 saturated heterocycles. The second-order valence-electron chi connectivity index (χ2n) is 2.86. The van der Waals surface area contributed by atoms with Gasteiger partial charge < -0.3 is 20.1 Å². The Labute approximate surface area is 77.0 Å². The van der Waals surface area contributed by atoms with Crippen LogP contribution in [0.25, 0.3) is 0 Å². The summed E-state index contributed by atoms with van der Waals surface area (Å²) in [4.78, 5) is 10.7. The predicted molar refractivity (Wildman–Crippen MR) is 44.2 cm³/mol. The molecular formula is C8H16O5. The molecule has 0 atom stereocenters. The van der Waals surface area contributed by atoms with Crippen LogP contribution in [-0.2, 0) is 9.53 Å². The number of hydrogen-bond donors (Lipinski definition) is 3. The van der Waals surface area contributed by atoms with Gasteiger partial charge in [-0.2, -0.15) is 0 Å². The standard InChI is InChI=1S/C8H16O5/c1-2-3-4-5-6-7(9)13-8(10,11)12/h10-12H,2-6H2,1H3. The smallest absolute Gasteiger partial charge is 0.384 e. The van der Waals surface area contributed by atoms with Crippen molar-refractivity contribution in [2.75, 3.05) is 0 Å². The van der Waals surface area contributed by atoms with Gasteiger partial charge in [0, 0.05) is 6.42 Å². The maximum Gasteiger partial charge on any atom is 0.455 e. The van der Waals surface area contributed by atoms with Gasteiger partial charge in [-0.15, -0.1) is 0 Å². The molecule has 0 aromatic carbocycles. The Morgan fingerprint density at radius 1 is 1.23 bits per heavy atom. The van der Waals surface area contributed by atoms with Crippen molar-refractivity contribution in [2.24, 2.45) is 0 Å². The summed E-state index contributed by atoms with van der Waals surface area (Å²) >= 11 is 0. The van der Waals surface area contributed by atoms with Gasteiger partial charge in [-0.25, -0.2) is 0 Å². The van der Waals surface area contributed by atoms with E-state index in [1.165, 1.54) is 0 Å². The van der Waals surface area contributed by atoms with Crippen LogP contribution in [-0.4, -0.2) is 27.4 Å². The van der Waals surface area contributed by atoms with Crippen LogP contribution in [0, 0.1) is 0 Å². The van der Waals surface area contributed by atoms with Gasteiger partial charge in [0.15, 0.2) is 0 Å². The third kappa shape index (κ3) is 9.26. The molecule has 0 heterocycles. The summed E-state index contributed by atoms with van der Waals surface area (Å²) in [7, 11) is 0. The number of aliphatic hydroxyl groups is 3. The Balaban J connectivity index is 3.41. The van der Waals surface area contributed by atoms with Crippen LogP contribution >= 0.6 is 0 Å². The van der Waals surface area contributed by atoms with Gasteiger partial charge >= 0.3 is 12.1 Å². The van der Waals surface area contributed by atoms with Crippen LogP contribution in [0.15, 0.2) is 0 Å². The zero-order chi connectivity index (χ0) is 10.3. The Kier molecular flexibility index (Phi) is 5.61. The van der Waals surface area contributed by atoms with E-state index in [0.717, 1.165) is 19.3 Å². The number of carbonyl (C=O) groups excluding carboxylic acids is 1. The molecular weight excluding hydrogens is 176 g/mol. The first kappa shape index (κ1) is 12.3. The SMILES string of the molecule is CCCCCCC(=O)OC(O)(O)O. The number of unbranched alkanes of at least 4 members (excludes halogenated alkanes) is 3. The highest BCUT2D eigenvalue weighted by atomic mass is 16.9. The molecule has 0 bridgehead atoms. The third-order valence-corrected chi connectivity index (χ3v) is 1.49. The van der Waals surface area contributed by atoms with E-state index in [2.05, 4.69) is 4.74 Å². The highest BCUT2D eigenvalue weighted by Gasteiger charge is 2.23. The van der Waals surface area contributed by atoms with E-state index in [4.69, 9.17) is 15.3 Å². The first-order valence-corrected chi connectivity index (χ1v) is 4.34. The Morgan fingerprint density at radius 2 is 1.85 bits per heavy atom. The lowest BCUT2D eigenvalue weighted by Gasteiger charge is -2.13. The van der Waals surface area contributed by atoms with Gasteiger partial charge in [0.25, 0.3) is 0 Å². The van der Waals surface area contributed by atoms with E-state index >= 15 is 0 Å². The fourth-order valence-corrected chi connectivity index (χ4v) is 0.900. The van der Waals surface area contributed by atoms with Crippen molar-refractivity contribution in [1.82, 2.24) is 0 Å². The molecule has 13 heavy (non-hydrogen) atoms. The minimum Gasteiger partial charge on any atom is -0.384 e. The third-order valence-electron chi connectivity index (χ3n) is 1.49. The first-order chi connectivity index (χ1) is 5.95. The zero-order valence-corrected chi connectivity index (χ0v) is 7.69. The lowest BCUT2D eigenvalue weighted by atomic mass is 10.2. The summed E-state index contributed by atoms with van der Waals surface area (Å²) in [6, 6.07) is 0. The molecule has 0 aliphatic heterocycles. The van der Waals surface area contributed by atoms with Crippen molar-refractivity contribution in [3.63, 3.8) is 0 Å². The summed E-state index contributed by atoms with van der Waals surface area (Å²) in [6.45, 7) is 2.04. The second-order valence-corrected chi connectivity index (χ2v) is 2.86. The molecule has 5 nitrogen and oxygen atoms in total. The van der Waals surface area contributed by atoms with Crippen molar-refractivity contribution < 1.29 is 24.9 Å². The maximum atomic E-state index is 10.7. The number of rotatable bonds is 6. The first-order valence-electron chi connectivity index (χ1n) is 4.34. The second kappa shape index (κ2) is 5.90. The van der Waals surface area contributed by atoms with Gasteiger partial charge in [0.1, 0.15) is 0 Å².